The first-order chi connectivity index (χ1) is 12.3. The Bertz CT molecular complexity index is 505. The Morgan fingerprint density at radius 2 is 2.31 bits per heavy atom. The molecular weight excluding hydrogens is 447 g/mol. The highest BCUT2D eigenvalue weighted by atomic mass is 127. The van der Waals surface area contributed by atoms with Crippen molar-refractivity contribution in [2.24, 2.45) is 10.9 Å². The van der Waals surface area contributed by atoms with Gasteiger partial charge in [0.25, 0.3) is 0 Å². The van der Waals surface area contributed by atoms with Crippen LogP contribution >= 0.6 is 24.0 Å². The van der Waals surface area contributed by atoms with Crippen LogP contribution in [0, 0.1) is 5.92 Å². The van der Waals surface area contributed by atoms with Crippen LogP contribution in [0.5, 0.6) is 0 Å². The van der Waals surface area contributed by atoms with Crippen LogP contribution in [0.1, 0.15) is 32.5 Å². The molecule has 0 amide bonds. The standard InChI is InChI=1S/C17H32N6O2.HI/c1-3-16-22-21-14-23(16)9-8-20-17(18-4-2)19-7-5-10-24-12-15-6-11-25-13-15;/h14-15H,3-13H2,1-2H3,(H2,18,19,20);1H. The molecule has 2 rings (SSSR count). The molecule has 1 aliphatic rings. The number of aliphatic imine (C=N–C) groups is 1. The third-order valence-electron chi connectivity index (χ3n) is 4.10. The number of nitrogens with one attached hydrogen (secondary N) is 2. The van der Waals surface area contributed by atoms with Gasteiger partial charge in [-0.15, -0.1) is 34.2 Å². The van der Waals surface area contributed by atoms with Crippen LogP contribution < -0.4 is 10.6 Å². The molecule has 1 atom stereocenters. The van der Waals surface area contributed by atoms with Crippen molar-refractivity contribution in [1.29, 1.82) is 0 Å². The van der Waals surface area contributed by atoms with Gasteiger partial charge < -0.3 is 24.7 Å². The summed E-state index contributed by atoms with van der Waals surface area (Å²) in [5.41, 5.74) is 0. The molecule has 1 aromatic rings. The Balaban J connectivity index is 0.00000338. The molecule has 0 aromatic carbocycles. The summed E-state index contributed by atoms with van der Waals surface area (Å²) < 4.78 is 13.1. The van der Waals surface area contributed by atoms with E-state index >= 15 is 0 Å². The highest BCUT2D eigenvalue weighted by molar-refractivity contribution is 14.0. The minimum atomic E-state index is 0. The van der Waals surface area contributed by atoms with Gasteiger partial charge in [-0.3, -0.25) is 4.99 Å². The summed E-state index contributed by atoms with van der Waals surface area (Å²) in [5.74, 6) is 2.43. The van der Waals surface area contributed by atoms with Crippen LogP contribution in [0.15, 0.2) is 11.3 Å². The molecule has 0 radical (unpaired) electrons. The molecule has 2 heterocycles. The van der Waals surface area contributed by atoms with E-state index in [9.17, 15) is 0 Å². The lowest BCUT2D eigenvalue weighted by atomic mass is 10.1. The maximum atomic E-state index is 5.71. The zero-order valence-electron chi connectivity index (χ0n) is 15.9. The summed E-state index contributed by atoms with van der Waals surface area (Å²) in [7, 11) is 0. The van der Waals surface area contributed by atoms with Crippen LogP contribution in [0.25, 0.3) is 0 Å². The fourth-order valence-electron chi connectivity index (χ4n) is 2.70. The van der Waals surface area contributed by atoms with Gasteiger partial charge in [-0.2, -0.15) is 0 Å². The van der Waals surface area contributed by atoms with E-state index in [1.165, 1.54) is 0 Å². The van der Waals surface area contributed by atoms with Gasteiger partial charge in [0.2, 0.25) is 0 Å². The highest BCUT2D eigenvalue weighted by Crippen LogP contribution is 2.12. The number of hydrogen-bond donors (Lipinski definition) is 2. The van der Waals surface area contributed by atoms with Crippen molar-refractivity contribution in [2.45, 2.75) is 39.7 Å². The molecule has 26 heavy (non-hydrogen) atoms. The van der Waals surface area contributed by atoms with Crippen LogP contribution in [0.3, 0.4) is 0 Å². The van der Waals surface area contributed by atoms with E-state index in [0.29, 0.717) is 5.92 Å². The van der Waals surface area contributed by atoms with Crippen LogP contribution in [0.2, 0.25) is 0 Å². The van der Waals surface area contributed by atoms with Gasteiger partial charge in [-0.25, -0.2) is 0 Å². The van der Waals surface area contributed by atoms with Gasteiger partial charge in [0.15, 0.2) is 5.96 Å². The quantitative estimate of drug-likeness (QED) is 0.216. The molecule has 1 aromatic heterocycles. The molecule has 0 aliphatic carbocycles. The second-order valence-electron chi connectivity index (χ2n) is 6.14. The van der Waals surface area contributed by atoms with E-state index in [1.54, 1.807) is 6.33 Å². The smallest absolute Gasteiger partial charge is 0.191 e. The van der Waals surface area contributed by atoms with Crippen molar-refractivity contribution >= 4 is 29.9 Å². The number of nitrogens with zero attached hydrogens (tertiary/aromatic N) is 4. The Kier molecular flexibility index (Phi) is 12.6. The normalized spacial score (nSPS) is 17.2. The van der Waals surface area contributed by atoms with Crippen molar-refractivity contribution in [3.63, 3.8) is 0 Å². The third kappa shape index (κ3) is 8.63. The predicted molar refractivity (Wildman–Crippen MR) is 113 cm³/mol. The molecule has 9 heteroatoms. The molecule has 1 saturated heterocycles. The number of rotatable bonds is 11. The molecule has 0 spiro atoms. The Morgan fingerprint density at radius 1 is 1.42 bits per heavy atom. The van der Waals surface area contributed by atoms with Crippen LogP contribution in [-0.2, 0) is 22.4 Å². The molecule has 0 saturated carbocycles. The number of guanidine groups is 1. The molecule has 8 nitrogen and oxygen atoms in total. The maximum Gasteiger partial charge on any atom is 0.191 e. The van der Waals surface area contributed by atoms with E-state index in [4.69, 9.17) is 9.47 Å². The van der Waals surface area contributed by atoms with E-state index < -0.39 is 0 Å². The summed E-state index contributed by atoms with van der Waals surface area (Å²) >= 11 is 0. The number of halogens is 1. The monoisotopic (exact) mass is 480 g/mol. The zero-order valence-corrected chi connectivity index (χ0v) is 18.3. The lowest BCUT2D eigenvalue weighted by Crippen LogP contribution is -2.39. The van der Waals surface area contributed by atoms with E-state index in [1.807, 2.05) is 0 Å². The Hall–Kier alpha value is -0.940. The van der Waals surface area contributed by atoms with E-state index in [0.717, 1.165) is 83.7 Å². The SMILES string of the molecule is CCNC(=NCCCOCC1CCOC1)NCCn1cnnc1CC.I. The molecule has 2 N–H and O–H groups in total. The van der Waals surface area contributed by atoms with Crippen LogP contribution in [0.4, 0.5) is 0 Å². The topological polar surface area (TPSA) is 85.6 Å². The van der Waals surface area contributed by atoms with Gasteiger partial charge >= 0.3 is 0 Å². The number of hydrogen-bond acceptors (Lipinski definition) is 5. The molecule has 1 fully saturated rings. The van der Waals surface area contributed by atoms with Gasteiger partial charge in [0.1, 0.15) is 12.2 Å². The maximum absolute atomic E-state index is 5.71. The minimum Gasteiger partial charge on any atom is -0.381 e. The first-order valence-electron chi connectivity index (χ1n) is 9.37. The molecular formula is C17H33IN6O2. The van der Waals surface area contributed by atoms with Crippen molar-refractivity contribution in [3.05, 3.63) is 12.2 Å². The molecule has 1 unspecified atom stereocenters. The van der Waals surface area contributed by atoms with Crippen molar-refractivity contribution in [3.8, 4) is 0 Å². The highest BCUT2D eigenvalue weighted by Gasteiger charge is 2.15. The van der Waals surface area contributed by atoms with Gasteiger partial charge in [-0.05, 0) is 19.8 Å². The molecule has 1 aliphatic heterocycles. The lowest BCUT2D eigenvalue weighted by Gasteiger charge is -2.12. The first-order valence-corrected chi connectivity index (χ1v) is 9.37. The van der Waals surface area contributed by atoms with Crippen molar-refractivity contribution < 1.29 is 9.47 Å². The van der Waals surface area contributed by atoms with Gasteiger partial charge in [0.05, 0.1) is 13.2 Å². The summed E-state index contributed by atoms with van der Waals surface area (Å²) in [6.07, 6.45) is 4.72. The Morgan fingerprint density at radius 3 is 3.04 bits per heavy atom. The largest absolute Gasteiger partial charge is 0.381 e. The van der Waals surface area contributed by atoms with Gasteiger partial charge in [0, 0.05) is 51.7 Å². The second-order valence-corrected chi connectivity index (χ2v) is 6.14. The predicted octanol–water partition coefficient (Wildman–Crippen LogP) is 1.46. The van der Waals surface area contributed by atoms with Gasteiger partial charge in [-0.1, -0.05) is 6.92 Å². The average Bonchev–Trinajstić information content (AvgIpc) is 3.29. The van der Waals surface area contributed by atoms with Crippen molar-refractivity contribution in [2.75, 3.05) is 46.1 Å². The van der Waals surface area contributed by atoms with Crippen molar-refractivity contribution in [1.82, 2.24) is 25.4 Å². The average molecular weight is 480 g/mol. The number of aryl methyl sites for hydroxylation is 1. The fourth-order valence-corrected chi connectivity index (χ4v) is 2.70. The number of ether oxygens (including phenoxy) is 2. The first kappa shape index (κ1) is 23.1. The molecule has 0 bridgehead atoms. The summed E-state index contributed by atoms with van der Waals surface area (Å²) in [6.45, 7) is 10.6. The summed E-state index contributed by atoms with van der Waals surface area (Å²) in [6, 6.07) is 0. The Labute approximate surface area is 173 Å². The van der Waals surface area contributed by atoms with E-state index in [2.05, 4.69) is 44.2 Å². The number of aromatic nitrogens is 3. The van der Waals surface area contributed by atoms with Crippen LogP contribution in [-0.4, -0.2) is 66.8 Å². The van der Waals surface area contributed by atoms with E-state index in [-0.39, 0.29) is 24.0 Å². The fraction of sp³-hybridized carbons (Fsp3) is 0.824. The summed E-state index contributed by atoms with van der Waals surface area (Å²) in [5, 5.41) is 14.7. The zero-order chi connectivity index (χ0) is 17.7. The second kappa shape index (κ2) is 14.2. The summed E-state index contributed by atoms with van der Waals surface area (Å²) in [4.78, 5) is 4.59. The molecule has 150 valence electrons. The lowest BCUT2D eigenvalue weighted by molar-refractivity contribution is 0.0893. The third-order valence-corrected chi connectivity index (χ3v) is 4.10. The minimum absolute atomic E-state index is 0.